The molecule has 18 heavy (non-hydrogen) atoms. The second-order valence-corrected chi connectivity index (χ2v) is 3.85. The van der Waals surface area contributed by atoms with Gasteiger partial charge in [0.15, 0.2) is 0 Å². The van der Waals surface area contributed by atoms with Crippen molar-refractivity contribution in [2.24, 2.45) is 0 Å². The van der Waals surface area contributed by atoms with Crippen LogP contribution in [-0.2, 0) is 0 Å². The zero-order valence-electron chi connectivity index (χ0n) is 10.1. The first-order valence-electron chi connectivity index (χ1n) is 5.78. The van der Waals surface area contributed by atoms with E-state index in [1.54, 1.807) is 18.5 Å². The SMILES string of the molecule is CC[C@@H](NC(=O)c1ccnnc1)c1ccncc1. The first kappa shape index (κ1) is 12.2. The predicted molar refractivity (Wildman–Crippen MR) is 66.8 cm³/mol. The van der Waals surface area contributed by atoms with Crippen LogP contribution in [0.4, 0.5) is 0 Å². The van der Waals surface area contributed by atoms with Gasteiger partial charge in [-0.3, -0.25) is 9.78 Å². The Morgan fingerprint density at radius 3 is 2.61 bits per heavy atom. The second kappa shape index (κ2) is 5.86. The average molecular weight is 242 g/mol. The molecule has 0 unspecified atom stereocenters. The lowest BCUT2D eigenvalue weighted by Gasteiger charge is -2.17. The molecule has 0 aliphatic carbocycles. The summed E-state index contributed by atoms with van der Waals surface area (Å²) in [6.45, 7) is 2.02. The maximum atomic E-state index is 12.0. The molecule has 92 valence electrons. The fraction of sp³-hybridized carbons (Fsp3) is 0.231. The Morgan fingerprint density at radius 2 is 2.00 bits per heavy atom. The summed E-state index contributed by atoms with van der Waals surface area (Å²) >= 11 is 0. The molecule has 1 N–H and O–H groups in total. The van der Waals surface area contributed by atoms with E-state index in [9.17, 15) is 4.79 Å². The number of hydrogen-bond donors (Lipinski definition) is 1. The lowest BCUT2D eigenvalue weighted by molar-refractivity contribution is 0.0935. The van der Waals surface area contributed by atoms with E-state index >= 15 is 0 Å². The van der Waals surface area contributed by atoms with E-state index < -0.39 is 0 Å². The second-order valence-electron chi connectivity index (χ2n) is 3.85. The number of carbonyl (C=O) groups excluding carboxylic acids is 1. The molecule has 2 heterocycles. The number of carbonyl (C=O) groups is 1. The molecule has 0 aliphatic rings. The number of pyridine rings is 1. The third kappa shape index (κ3) is 2.88. The van der Waals surface area contributed by atoms with Crippen molar-refractivity contribution < 1.29 is 4.79 Å². The number of aromatic nitrogens is 3. The number of nitrogens with one attached hydrogen (secondary N) is 1. The summed E-state index contributed by atoms with van der Waals surface area (Å²) in [6.07, 6.45) is 7.21. The van der Waals surface area contributed by atoms with Gasteiger partial charge in [0.05, 0.1) is 24.0 Å². The summed E-state index contributed by atoms with van der Waals surface area (Å²) in [5.41, 5.74) is 1.56. The molecule has 0 bridgehead atoms. The van der Waals surface area contributed by atoms with Crippen LogP contribution in [0.15, 0.2) is 43.0 Å². The molecule has 5 nitrogen and oxygen atoms in total. The third-order valence-corrected chi connectivity index (χ3v) is 2.67. The minimum atomic E-state index is -0.145. The van der Waals surface area contributed by atoms with Crippen LogP contribution in [0.1, 0.15) is 35.3 Å². The van der Waals surface area contributed by atoms with Crippen molar-refractivity contribution in [3.05, 3.63) is 54.1 Å². The first-order valence-corrected chi connectivity index (χ1v) is 5.78. The Kier molecular flexibility index (Phi) is 3.96. The molecule has 1 amide bonds. The van der Waals surface area contributed by atoms with Crippen LogP contribution in [0.25, 0.3) is 0 Å². The molecule has 2 aromatic rings. The molecule has 0 saturated heterocycles. The maximum absolute atomic E-state index is 12.0. The standard InChI is InChI=1S/C13H14N4O/c1-2-12(10-3-6-14-7-4-10)17-13(18)11-5-8-15-16-9-11/h3-9,12H,2H2,1H3,(H,17,18)/t12-/m1/s1. The highest BCUT2D eigenvalue weighted by atomic mass is 16.1. The zero-order chi connectivity index (χ0) is 12.8. The molecule has 0 radical (unpaired) electrons. The summed E-state index contributed by atoms with van der Waals surface area (Å²) in [4.78, 5) is 16.0. The van der Waals surface area contributed by atoms with Gasteiger partial charge >= 0.3 is 0 Å². The van der Waals surface area contributed by atoms with Gasteiger partial charge in [-0.15, -0.1) is 0 Å². The summed E-state index contributed by atoms with van der Waals surface area (Å²) in [6, 6.07) is 5.42. The van der Waals surface area contributed by atoms with Crippen LogP contribution < -0.4 is 5.32 Å². The third-order valence-electron chi connectivity index (χ3n) is 2.67. The quantitative estimate of drug-likeness (QED) is 0.887. The summed E-state index contributed by atoms with van der Waals surface area (Å²) in [5.74, 6) is -0.145. The smallest absolute Gasteiger partial charge is 0.253 e. The highest BCUT2D eigenvalue weighted by Gasteiger charge is 2.13. The molecular weight excluding hydrogens is 228 g/mol. The Morgan fingerprint density at radius 1 is 1.22 bits per heavy atom. The van der Waals surface area contributed by atoms with Crippen molar-refractivity contribution >= 4 is 5.91 Å². The van der Waals surface area contributed by atoms with Gasteiger partial charge < -0.3 is 5.32 Å². The lowest BCUT2D eigenvalue weighted by atomic mass is 10.1. The van der Waals surface area contributed by atoms with Crippen LogP contribution in [0.5, 0.6) is 0 Å². The molecule has 0 aromatic carbocycles. The van der Waals surface area contributed by atoms with Crippen molar-refractivity contribution in [2.75, 3.05) is 0 Å². The Bertz CT molecular complexity index is 501. The van der Waals surface area contributed by atoms with Gasteiger partial charge in [0, 0.05) is 12.4 Å². The van der Waals surface area contributed by atoms with Gasteiger partial charge in [0.1, 0.15) is 0 Å². The molecule has 1 atom stereocenters. The van der Waals surface area contributed by atoms with E-state index in [0.717, 1.165) is 12.0 Å². The van der Waals surface area contributed by atoms with Gasteiger partial charge in [-0.1, -0.05) is 6.92 Å². The monoisotopic (exact) mass is 242 g/mol. The molecule has 5 heteroatoms. The largest absolute Gasteiger partial charge is 0.345 e. The molecule has 0 aliphatic heterocycles. The zero-order valence-corrected chi connectivity index (χ0v) is 10.1. The summed E-state index contributed by atoms with van der Waals surface area (Å²) < 4.78 is 0. The topological polar surface area (TPSA) is 67.8 Å². The average Bonchev–Trinajstić information content (AvgIpc) is 2.46. The van der Waals surface area contributed by atoms with Crippen molar-refractivity contribution in [3.8, 4) is 0 Å². The van der Waals surface area contributed by atoms with Crippen molar-refractivity contribution in [1.29, 1.82) is 0 Å². The Hall–Kier alpha value is -2.30. The fourth-order valence-corrected chi connectivity index (χ4v) is 1.68. The van der Waals surface area contributed by atoms with Gasteiger partial charge in [0.25, 0.3) is 5.91 Å². The number of amides is 1. The van der Waals surface area contributed by atoms with Gasteiger partial charge in [-0.05, 0) is 30.2 Å². The fourth-order valence-electron chi connectivity index (χ4n) is 1.68. The number of hydrogen-bond acceptors (Lipinski definition) is 4. The van der Waals surface area contributed by atoms with E-state index in [0.29, 0.717) is 5.56 Å². The van der Waals surface area contributed by atoms with Crippen molar-refractivity contribution in [3.63, 3.8) is 0 Å². The van der Waals surface area contributed by atoms with Crippen molar-refractivity contribution in [1.82, 2.24) is 20.5 Å². The first-order chi connectivity index (χ1) is 8.81. The maximum Gasteiger partial charge on any atom is 0.253 e. The van der Waals surface area contributed by atoms with Gasteiger partial charge in [0.2, 0.25) is 0 Å². The lowest BCUT2D eigenvalue weighted by Crippen LogP contribution is -2.28. The molecule has 2 rings (SSSR count). The van der Waals surface area contributed by atoms with Crippen molar-refractivity contribution in [2.45, 2.75) is 19.4 Å². The minimum Gasteiger partial charge on any atom is -0.345 e. The summed E-state index contributed by atoms with van der Waals surface area (Å²) in [5, 5.41) is 10.3. The highest BCUT2D eigenvalue weighted by Crippen LogP contribution is 2.15. The summed E-state index contributed by atoms with van der Waals surface area (Å²) in [7, 11) is 0. The molecule has 0 saturated carbocycles. The normalized spacial score (nSPS) is 11.8. The van der Waals surface area contributed by atoms with E-state index in [1.807, 2.05) is 19.1 Å². The minimum absolute atomic E-state index is 0.0198. The van der Waals surface area contributed by atoms with Crippen LogP contribution >= 0.6 is 0 Å². The van der Waals surface area contributed by atoms with Crippen LogP contribution in [-0.4, -0.2) is 21.1 Å². The van der Waals surface area contributed by atoms with E-state index in [4.69, 9.17) is 0 Å². The Labute approximate surface area is 105 Å². The van der Waals surface area contributed by atoms with Crippen LogP contribution in [0, 0.1) is 0 Å². The van der Waals surface area contributed by atoms with Gasteiger partial charge in [-0.2, -0.15) is 10.2 Å². The molecule has 2 aromatic heterocycles. The van der Waals surface area contributed by atoms with Crippen LogP contribution in [0.2, 0.25) is 0 Å². The number of nitrogens with zero attached hydrogens (tertiary/aromatic N) is 3. The highest BCUT2D eigenvalue weighted by molar-refractivity contribution is 5.93. The van der Waals surface area contributed by atoms with E-state index in [2.05, 4.69) is 20.5 Å². The predicted octanol–water partition coefficient (Wildman–Crippen LogP) is 1.75. The van der Waals surface area contributed by atoms with Crippen LogP contribution in [0.3, 0.4) is 0 Å². The molecule has 0 fully saturated rings. The van der Waals surface area contributed by atoms with Gasteiger partial charge in [-0.25, -0.2) is 0 Å². The number of rotatable bonds is 4. The molecule has 0 spiro atoms. The van der Waals surface area contributed by atoms with E-state index in [1.165, 1.54) is 12.4 Å². The Balaban J connectivity index is 2.10. The molecular formula is C13H14N4O. The van der Waals surface area contributed by atoms with E-state index in [-0.39, 0.29) is 11.9 Å².